The summed E-state index contributed by atoms with van der Waals surface area (Å²) in [7, 11) is 0. The highest BCUT2D eigenvalue weighted by molar-refractivity contribution is 5.73. The number of anilines is 2. The number of carbonyl (C=O) groups excluding carboxylic acids is 1. The molecule has 2 aromatic rings. The third kappa shape index (κ3) is 3.19. The second-order valence-corrected chi connectivity index (χ2v) is 5.24. The minimum Gasteiger partial charge on any atom is -0.334 e. The summed E-state index contributed by atoms with van der Waals surface area (Å²) in [4.78, 5) is 30.6. The number of nitrogens with one attached hydrogen (secondary N) is 1. The second-order valence-electron chi connectivity index (χ2n) is 5.24. The summed E-state index contributed by atoms with van der Waals surface area (Å²) < 4.78 is 0. The topological polar surface area (TPSA) is 83.9 Å². The lowest BCUT2D eigenvalue weighted by molar-refractivity contribution is -0.132. The van der Waals surface area contributed by atoms with E-state index in [0.717, 1.165) is 31.5 Å². The summed E-state index contributed by atoms with van der Waals surface area (Å²) in [5.74, 6) is 1.14. The predicted molar refractivity (Wildman–Crippen MR) is 81.3 cm³/mol. The summed E-state index contributed by atoms with van der Waals surface area (Å²) in [6.45, 7) is 2.40. The molecule has 1 N–H and O–H groups in total. The van der Waals surface area contributed by atoms with E-state index in [9.17, 15) is 4.79 Å². The molecule has 0 unspecified atom stereocenters. The average molecular weight is 298 g/mol. The number of hydrogen-bond acceptors (Lipinski definition) is 6. The van der Waals surface area contributed by atoms with E-state index in [1.54, 1.807) is 31.7 Å². The van der Waals surface area contributed by atoms with Gasteiger partial charge in [0.15, 0.2) is 5.82 Å². The van der Waals surface area contributed by atoms with Crippen LogP contribution in [0.5, 0.6) is 0 Å². The van der Waals surface area contributed by atoms with Gasteiger partial charge in [-0.05, 0) is 25.3 Å². The third-order valence-electron chi connectivity index (χ3n) is 3.73. The normalized spacial score (nSPS) is 18.0. The Kier molecular flexibility index (Phi) is 4.22. The number of hydrogen-bond donors (Lipinski definition) is 1. The van der Waals surface area contributed by atoms with Crippen LogP contribution >= 0.6 is 0 Å². The zero-order valence-electron chi connectivity index (χ0n) is 12.4. The Labute approximate surface area is 128 Å². The van der Waals surface area contributed by atoms with E-state index in [1.165, 1.54) is 0 Å². The van der Waals surface area contributed by atoms with Gasteiger partial charge in [-0.1, -0.05) is 0 Å². The Bertz CT molecular complexity index is 647. The first-order valence-electron chi connectivity index (χ1n) is 7.37. The van der Waals surface area contributed by atoms with Gasteiger partial charge in [-0.2, -0.15) is 0 Å². The van der Waals surface area contributed by atoms with E-state index in [4.69, 9.17) is 0 Å². The van der Waals surface area contributed by atoms with Crippen LogP contribution in [0.15, 0.2) is 30.9 Å². The quantitative estimate of drug-likeness (QED) is 0.934. The number of amides is 1. The van der Waals surface area contributed by atoms with Gasteiger partial charge < -0.3 is 10.2 Å². The van der Waals surface area contributed by atoms with Crippen molar-refractivity contribution in [2.75, 3.05) is 11.9 Å². The molecule has 1 aliphatic rings. The highest BCUT2D eigenvalue weighted by Gasteiger charge is 2.27. The molecule has 0 saturated carbocycles. The van der Waals surface area contributed by atoms with Crippen molar-refractivity contribution in [1.29, 1.82) is 0 Å². The van der Waals surface area contributed by atoms with Crippen LogP contribution < -0.4 is 5.32 Å². The third-order valence-corrected chi connectivity index (χ3v) is 3.73. The van der Waals surface area contributed by atoms with E-state index < -0.39 is 0 Å². The molecule has 1 fully saturated rings. The molecule has 7 nitrogen and oxygen atoms in total. The van der Waals surface area contributed by atoms with Crippen LogP contribution in [-0.4, -0.2) is 37.3 Å². The molecule has 0 aromatic carbocycles. The minimum absolute atomic E-state index is 0.0247. The van der Waals surface area contributed by atoms with Crippen molar-refractivity contribution >= 4 is 17.7 Å². The molecule has 0 spiro atoms. The van der Waals surface area contributed by atoms with Gasteiger partial charge in [-0.3, -0.25) is 9.78 Å². The summed E-state index contributed by atoms with van der Waals surface area (Å²) in [5.41, 5.74) is 0.858. The fourth-order valence-corrected chi connectivity index (χ4v) is 2.71. The Hall–Kier alpha value is -2.57. The molecule has 2 aromatic heterocycles. The fraction of sp³-hybridized carbons (Fsp3) is 0.400. The standard InChI is InChI=1S/C15H18N6O/c1-11(22)21-9-3-2-4-13(21)12-5-6-18-15(19-12)20-14-10-16-7-8-17-14/h5-8,10,13H,2-4,9H2,1H3,(H,17,18,19,20)/t13-/m0/s1. The lowest BCUT2D eigenvalue weighted by atomic mass is 9.99. The molecule has 0 radical (unpaired) electrons. The molecular weight excluding hydrogens is 280 g/mol. The van der Waals surface area contributed by atoms with Crippen LogP contribution in [0.1, 0.15) is 37.9 Å². The second kappa shape index (κ2) is 6.46. The van der Waals surface area contributed by atoms with Crippen LogP contribution in [-0.2, 0) is 4.79 Å². The maximum atomic E-state index is 11.8. The number of aromatic nitrogens is 4. The first-order valence-corrected chi connectivity index (χ1v) is 7.37. The van der Waals surface area contributed by atoms with Gasteiger partial charge in [0, 0.05) is 32.1 Å². The van der Waals surface area contributed by atoms with Crippen molar-refractivity contribution in [2.45, 2.75) is 32.2 Å². The number of piperidine rings is 1. The molecule has 1 atom stereocenters. The molecule has 1 aliphatic heterocycles. The molecule has 3 rings (SSSR count). The Balaban J connectivity index is 1.82. The van der Waals surface area contributed by atoms with Gasteiger partial charge in [0.1, 0.15) is 0 Å². The van der Waals surface area contributed by atoms with Crippen molar-refractivity contribution in [2.24, 2.45) is 0 Å². The van der Waals surface area contributed by atoms with Crippen molar-refractivity contribution < 1.29 is 4.79 Å². The predicted octanol–water partition coefficient (Wildman–Crippen LogP) is 2.08. The van der Waals surface area contributed by atoms with Crippen molar-refractivity contribution in [3.8, 4) is 0 Å². The Morgan fingerprint density at radius 1 is 1.27 bits per heavy atom. The average Bonchev–Trinajstić information content (AvgIpc) is 2.56. The van der Waals surface area contributed by atoms with Crippen molar-refractivity contribution in [1.82, 2.24) is 24.8 Å². The maximum Gasteiger partial charge on any atom is 0.228 e. The van der Waals surface area contributed by atoms with E-state index in [0.29, 0.717) is 11.8 Å². The molecule has 1 amide bonds. The van der Waals surface area contributed by atoms with Crippen LogP contribution in [0, 0.1) is 0 Å². The SMILES string of the molecule is CC(=O)N1CCCC[C@H]1c1ccnc(Nc2cnccn2)n1. The summed E-state index contributed by atoms with van der Waals surface area (Å²) >= 11 is 0. The van der Waals surface area contributed by atoms with Crippen molar-refractivity contribution in [3.05, 3.63) is 36.5 Å². The van der Waals surface area contributed by atoms with Crippen LogP contribution in [0.3, 0.4) is 0 Å². The first-order chi connectivity index (χ1) is 10.7. The number of carbonyl (C=O) groups is 1. The molecule has 0 aliphatic carbocycles. The smallest absolute Gasteiger partial charge is 0.228 e. The van der Waals surface area contributed by atoms with Gasteiger partial charge in [-0.15, -0.1) is 0 Å². The largest absolute Gasteiger partial charge is 0.334 e. The van der Waals surface area contributed by atoms with E-state index in [2.05, 4.69) is 25.3 Å². The molecule has 114 valence electrons. The number of nitrogens with zero attached hydrogens (tertiary/aromatic N) is 5. The minimum atomic E-state index is 0.0247. The van der Waals surface area contributed by atoms with E-state index in [1.807, 2.05) is 11.0 Å². The molecular formula is C15H18N6O. The van der Waals surface area contributed by atoms with Gasteiger partial charge in [0.05, 0.1) is 17.9 Å². The van der Waals surface area contributed by atoms with Crippen LogP contribution in [0.4, 0.5) is 11.8 Å². The molecule has 3 heterocycles. The Morgan fingerprint density at radius 3 is 2.95 bits per heavy atom. The summed E-state index contributed by atoms with van der Waals surface area (Å²) in [6, 6.07) is 1.89. The van der Waals surface area contributed by atoms with Crippen molar-refractivity contribution in [3.63, 3.8) is 0 Å². The number of likely N-dealkylation sites (tertiary alicyclic amines) is 1. The van der Waals surface area contributed by atoms with E-state index in [-0.39, 0.29) is 11.9 Å². The summed E-state index contributed by atoms with van der Waals surface area (Å²) in [6.07, 6.45) is 9.60. The molecule has 0 bridgehead atoms. The zero-order valence-corrected chi connectivity index (χ0v) is 12.4. The van der Waals surface area contributed by atoms with E-state index >= 15 is 0 Å². The summed E-state index contributed by atoms with van der Waals surface area (Å²) in [5, 5.41) is 3.03. The van der Waals surface area contributed by atoms with Gasteiger partial charge in [-0.25, -0.2) is 15.0 Å². The fourth-order valence-electron chi connectivity index (χ4n) is 2.71. The lowest BCUT2D eigenvalue weighted by Crippen LogP contribution is -2.37. The Morgan fingerprint density at radius 2 is 2.18 bits per heavy atom. The highest BCUT2D eigenvalue weighted by Crippen LogP contribution is 2.30. The molecule has 22 heavy (non-hydrogen) atoms. The van der Waals surface area contributed by atoms with Crippen LogP contribution in [0.25, 0.3) is 0 Å². The lowest BCUT2D eigenvalue weighted by Gasteiger charge is -2.34. The maximum absolute atomic E-state index is 11.8. The van der Waals surface area contributed by atoms with Gasteiger partial charge in [0.2, 0.25) is 11.9 Å². The first kappa shape index (κ1) is 14.4. The molecule has 7 heteroatoms. The van der Waals surface area contributed by atoms with Gasteiger partial charge in [0.25, 0.3) is 0 Å². The molecule has 1 saturated heterocycles. The monoisotopic (exact) mass is 298 g/mol. The highest BCUT2D eigenvalue weighted by atomic mass is 16.2. The van der Waals surface area contributed by atoms with Gasteiger partial charge >= 0.3 is 0 Å². The zero-order chi connectivity index (χ0) is 15.4. The number of rotatable bonds is 3. The van der Waals surface area contributed by atoms with Crippen LogP contribution in [0.2, 0.25) is 0 Å².